The topological polar surface area (TPSA) is 109 Å². The van der Waals surface area contributed by atoms with E-state index in [9.17, 15) is 14.0 Å². The van der Waals surface area contributed by atoms with Gasteiger partial charge >= 0.3 is 0 Å². The first-order valence-electron chi connectivity index (χ1n) is 10.8. The van der Waals surface area contributed by atoms with Gasteiger partial charge in [-0.25, -0.2) is 4.39 Å². The summed E-state index contributed by atoms with van der Waals surface area (Å²) in [6.45, 7) is 3.80. The summed E-state index contributed by atoms with van der Waals surface area (Å²) < 4.78 is 15.8. The molecule has 1 aromatic carbocycles. The van der Waals surface area contributed by atoms with Crippen molar-refractivity contribution >= 4 is 18.3 Å². The van der Waals surface area contributed by atoms with E-state index in [2.05, 4.69) is 10.2 Å². The summed E-state index contributed by atoms with van der Waals surface area (Å²) in [7, 11) is 0. The van der Waals surface area contributed by atoms with Crippen LogP contribution in [0.4, 0.5) is 4.39 Å². The molecule has 2 saturated heterocycles. The summed E-state index contributed by atoms with van der Waals surface area (Å²) >= 11 is 0. The summed E-state index contributed by atoms with van der Waals surface area (Å²) in [5.41, 5.74) is 0.793. The average molecular weight is 443 g/mol. The monoisotopic (exact) mass is 443 g/mol. The van der Waals surface area contributed by atoms with E-state index in [1.54, 1.807) is 13.0 Å². The molecule has 1 N–H and O–H groups in total. The molecule has 3 aliphatic rings. The van der Waals surface area contributed by atoms with Gasteiger partial charge < -0.3 is 19.5 Å². The Morgan fingerprint density at radius 1 is 1.19 bits per heavy atom. The standard InChI is InChI=1S/C21H24FN5O2.CH2O2/c1-13(28)27-11-15-10-25(12-17(15)19(27)14-5-4-6-16(22)9-14)21(29)20-24-23-18-7-2-3-8-26(18)20;2-1-3/h4-6,9,15,17,19H,2-3,7-8,10-12H2,1H3;1H,(H,2,3)/t15-,17-,19-;/m1./s1. The van der Waals surface area contributed by atoms with Crippen molar-refractivity contribution in [2.75, 3.05) is 19.6 Å². The molecule has 2 aromatic rings. The third-order valence-corrected chi connectivity index (χ3v) is 6.60. The van der Waals surface area contributed by atoms with Gasteiger partial charge in [0.15, 0.2) is 0 Å². The Bertz CT molecular complexity index is 1030. The van der Waals surface area contributed by atoms with Crippen LogP contribution in [-0.2, 0) is 22.6 Å². The minimum Gasteiger partial charge on any atom is -0.483 e. The van der Waals surface area contributed by atoms with Crippen molar-refractivity contribution in [3.05, 3.63) is 47.3 Å². The van der Waals surface area contributed by atoms with E-state index in [4.69, 9.17) is 9.90 Å². The van der Waals surface area contributed by atoms with Crippen LogP contribution >= 0.6 is 0 Å². The Morgan fingerprint density at radius 3 is 2.69 bits per heavy atom. The Labute approximate surface area is 184 Å². The second-order valence-electron chi connectivity index (χ2n) is 8.46. The number of benzene rings is 1. The molecule has 2 fully saturated rings. The fourth-order valence-corrected chi connectivity index (χ4v) is 5.26. The molecule has 32 heavy (non-hydrogen) atoms. The molecule has 10 heteroatoms. The number of carbonyl (C=O) groups excluding carboxylic acids is 2. The van der Waals surface area contributed by atoms with Gasteiger partial charge in [-0.2, -0.15) is 0 Å². The smallest absolute Gasteiger partial charge is 0.291 e. The first kappa shape index (κ1) is 21.9. The van der Waals surface area contributed by atoms with Gasteiger partial charge in [0.2, 0.25) is 11.7 Å². The number of carbonyl (C=O) groups is 3. The second kappa shape index (κ2) is 9.05. The van der Waals surface area contributed by atoms with E-state index in [-0.39, 0.29) is 42.0 Å². The van der Waals surface area contributed by atoms with E-state index >= 15 is 0 Å². The number of aromatic nitrogens is 3. The molecule has 5 rings (SSSR count). The number of rotatable bonds is 2. The zero-order valence-electron chi connectivity index (χ0n) is 17.9. The van der Waals surface area contributed by atoms with Crippen molar-refractivity contribution in [2.45, 2.75) is 38.8 Å². The molecule has 170 valence electrons. The number of carboxylic acid groups (broad SMARTS) is 1. The fourth-order valence-electron chi connectivity index (χ4n) is 5.26. The molecule has 0 aliphatic carbocycles. The van der Waals surface area contributed by atoms with Crippen molar-refractivity contribution < 1.29 is 23.9 Å². The normalized spacial score (nSPS) is 23.8. The number of fused-ring (bicyclic) bond motifs is 2. The van der Waals surface area contributed by atoms with Crippen molar-refractivity contribution in [1.29, 1.82) is 0 Å². The maximum Gasteiger partial charge on any atom is 0.291 e. The summed E-state index contributed by atoms with van der Waals surface area (Å²) in [5, 5.41) is 15.3. The predicted molar refractivity (Wildman–Crippen MR) is 111 cm³/mol. The molecule has 3 atom stereocenters. The zero-order valence-corrected chi connectivity index (χ0v) is 17.9. The van der Waals surface area contributed by atoms with Gasteiger partial charge in [-0.3, -0.25) is 14.4 Å². The maximum atomic E-state index is 13.9. The summed E-state index contributed by atoms with van der Waals surface area (Å²) in [4.78, 5) is 37.4. The van der Waals surface area contributed by atoms with Crippen molar-refractivity contribution in [2.24, 2.45) is 11.8 Å². The average Bonchev–Trinajstić information content (AvgIpc) is 3.46. The Hall–Kier alpha value is -3.30. The quantitative estimate of drug-likeness (QED) is 0.709. The Morgan fingerprint density at radius 2 is 1.97 bits per heavy atom. The van der Waals surface area contributed by atoms with E-state index < -0.39 is 0 Å². The highest BCUT2D eigenvalue weighted by Crippen LogP contribution is 2.45. The molecule has 0 radical (unpaired) electrons. The SMILES string of the molecule is CC(=O)N1C[C@H]2CN(C(=O)c3nnc4n3CCCC4)C[C@H]2[C@H]1c1cccc(F)c1.O=CO. The highest BCUT2D eigenvalue weighted by molar-refractivity contribution is 5.91. The lowest BCUT2D eigenvalue weighted by Crippen LogP contribution is -2.37. The van der Waals surface area contributed by atoms with Gasteiger partial charge in [-0.05, 0) is 30.5 Å². The third-order valence-electron chi connectivity index (χ3n) is 6.60. The van der Waals surface area contributed by atoms with Gasteiger partial charge in [0, 0.05) is 51.4 Å². The first-order chi connectivity index (χ1) is 15.4. The minimum atomic E-state index is -0.310. The molecule has 1 aromatic heterocycles. The highest BCUT2D eigenvalue weighted by atomic mass is 19.1. The summed E-state index contributed by atoms with van der Waals surface area (Å²) in [5.74, 6) is 1.17. The van der Waals surface area contributed by atoms with Gasteiger partial charge in [0.05, 0.1) is 6.04 Å². The second-order valence-corrected chi connectivity index (χ2v) is 8.46. The van der Waals surface area contributed by atoms with Crippen molar-refractivity contribution in [3.63, 3.8) is 0 Å². The number of hydrogen-bond acceptors (Lipinski definition) is 5. The summed E-state index contributed by atoms with van der Waals surface area (Å²) in [6, 6.07) is 6.25. The maximum absolute atomic E-state index is 13.9. The van der Waals surface area contributed by atoms with Crippen LogP contribution in [0.5, 0.6) is 0 Å². The van der Waals surface area contributed by atoms with Gasteiger partial charge in [0.25, 0.3) is 12.4 Å². The van der Waals surface area contributed by atoms with Crippen LogP contribution in [0, 0.1) is 17.7 Å². The lowest BCUT2D eigenvalue weighted by atomic mass is 9.89. The Balaban J connectivity index is 0.000000775. The van der Waals surface area contributed by atoms with Crippen LogP contribution in [0.2, 0.25) is 0 Å². The van der Waals surface area contributed by atoms with E-state index in [0.29, 0.717) is 25.5 Å². The van der Waals surface area contributed by atoms with Crippen molar-refractivity contribution in [3.8, 4) is 0 Å². The number of amides is 2. The van der Waals surface area contributed by atoms with E-state index in [1.807, 2.05) is 20.4 Å². The molecule has 0 unspecified atom stereocenters. The summed E-state index contributed by atoms with van der Waals surface area (Å²) in [6.07, 6.45) is 2.98. The molecular formula is C22H26FN5O4. The molecular weight excluding hydrogens is 417 g/mol. The molecule has 3 aliphatic heterocycles. The molecule has 2 amide bonds. The number of aryl methyl sites for hydroxylation is 1. The molecule has 9 nitrogen and oxygen atoms in total. The number of hydrogen-bond donors (Lipinski definition) is 1. The molecule has 0 saturated carbocycles. The van der Waals surface area contributed by atoms with E-state index in [1.165, 1.54) is 12.1 Å². The number of nitrogens with zero attached hydrogens (tertiary/aromatic N) is 5. The third kappa shape index (κ3) is 3.96. The van der Waals surface area contributed by atoms with Crippen LogP contribution < -0.4 is 0 Å². The Kier molecular flexibility index (Phi) is 6.20. The molecule has 0 spiro atoms. The lowest BCUT2D eigenvalue weighted by Gasteiger charge is -2.29. The number of likely N-dealkylation sites (tertiary alicyclic amines) is 2. The van der Waals surface area contributed by atoms with Gasteiger partial charge in [0.1, 0.15) is 11.6 Å². The van der Waals surface area contributed by atoms with Crippen LogP contribution in [0.1, 0.15) is 47.8 Å². The van der Waals surface area contributed by atoms with Crippen LogP contribution in [-0.4, -0.2) is 67.6 Å². The van der Waals surface area contributed by atoms with Crippen LogP contribution in [0.3, 0.4) is 0 Å². The highest BCUT2D eigenvalue weighted by Gasteiger charge is 2.50. The minimum absolute atomic E-state index is 0.0157. The molecule has 0 bridgehead atoms. The number of halogens is 1. The first-order valence-corrected chi connectivity index (χ1v) is 10.8. The van der Waals surface area contributed by atoms with Gasteiger partial charge in [-0.1, -0.05) is 12.1 Å². The van der Waals surface area contributed by atoms with E-state index in [0.717, 1.165) is 37.2 Å². The van der Waals surface area contributed by atoms with Gasteiger partial charge in [-0.15, -0.1) is 10.2 Å². The fraction of sp³-hybridized carbons (Fsp3) is 0.500. The largest absolute Gasteiger partial charge is 0.483 e. The zero-order chi connectivity index (χ0) is 22.8. The van der Waals surface area contributed by atoms with Crippen molar-refractivity contribution in [1.82, 2.24) is 24.6 Å². The van der Waals surface area contributed by atoms with Crippen LogP contribution in [0.25, 0.3) is 0 Å². The lowest BCUT2D eigenvalue weighted by molar-refractivity contribution is -0.130. The predicted octanol–water partition coefficient (Wildman–Crippen LogP) is 1.75. The molecule has 4 heterocycles. The van der Waals surface area contributed by atoms with Crippen LogP contribution in [0.15, 0.2) is 24.3 Å².